The summed E-state index contributed by atoms with van der Waals surface area (Å²) in [6.45, 7) is -0.715. The number of carboxylic acid groups (broad SMARTS) is 1. The fraction of sp³-hybridized carbons (Fsp3) is 0.583. The van der Waals surface area contributed by atoms with Gasteiger partial charge < -0.3 is 29.9 Å². The van der Waals surface area contributed by atoms with E-state index in [9.17, 15) is 29.7 Å². The van der Waals surface area contributed by atoms with Gasteiger partial charge in [-0.3, -0.25) is 14.3 Å². The largest absolute Gasteiger partial charge is 0.479 e. The summed E-state index contributed by atoms with van der Waals surface area (Å²) in [4.78, 5) is 36.4. The van der Waals surface area contributed by atoms with E-state index in [1.54, 1.807) is 0 Å². The van der Waals surface area contributed by atoms with E-state index in [2.05, 4.69) is 0 Å². The smallest absolute Gasteiger partial charge is 0.337 e. The van der Waals surface area contributed by atoms with Gasteiger partial charge in [-0.25, -0.2) is 9.59 Å². The number of hydrogen-bond acceptors (Lipinski definition) is 8. The van der Waals surface area contributed by atoms with E-state index in [4.69, 9.17) is 14.6 Å². The maximum atomic E-state index is 12.0. The molecule has 2 heterocycles. The van der Waals surface area contributed by atoms with Crippen LogP contribution in [-0.4, -0.2) is 74.1 Å². The number of carbonyl (C=O) groups is 1. The first kappa shape index (κ1) is 17.3. The van der Waals surface area contributed by atoms with Crippen molar-refractivity contribution in [3.8, 4) is 0 Å². The van der Waals surface area contributed by atoms with Crippen molar-refractivity contribution in [3.05, 3.63) is 33.1 Å². The van der Waals surface area contributed by atoms with E-state index in [-0.39, 0.29) is 0 Å². The summed E-state index contributed by atoms with van der Waals surface area (Å²) in [6.07, 6.45) is -5.77. The Kier molecular flexibility index (Phi) is 4.68. The van der Waals surface area contributed by atoms with Gasteiger partial charge in [-0.05, 0) is 0 Å². The van der Waals surface area contributed by atoms with Crippen LogP contribution in [0.25, 0.3) is 0 Å². The van der Waals surface area contributed by atoms with Crippen LogP contribution in [0, 0.1) is 0 Å². The Morgan fingerprint density at radius 2 is 2.22 bits per heavy atom. The maximum absolute atomic E-state index is 12.0. The Morgan fingerprint density at radius 3 is 2.70 bits per heavy atom. The Morgan fingerprint density at radius 1 is 1.57 bits per heavy atom. The molecule has 23 heavy (non-hydrogen) atoms. The predicted octanol–water partition coefficient (Wildman–Crippen LogP) is -3.60. The Balaban J connectivity index is 2.73. The van der Waals surface area contributed by atoms with Gasteiger partial charge in [0.05, 0.1) is 6.61 Å². The van der Waals surface area contributed by atoms with Gasteiger partial charge in [-0.15, -0.1) is 0 Å². The monoisotopic (exact) mass is 332 g/mol. The lowest BCUT2D eigenvalue weighted by atomic mass is 9.96. The molecule has 11 nitrogen and oxygen atoms in total. The second kappa shape index (κ2) is 6.22. The number of carboxylic acids is 1. The predicted molar refractivity (Wildman–Crippen MR) is 71.7 cm³/mol. The lowest BCUT2D eigenvalue weighted by Gasteiger charge is -2.37. The van der Waals surface area contributed by atoms with Gasteiger partial charge in [0.2, 0.25) is 11.8 Å². The molecule has 1 aromatic heterocycles. The number of aromatic amines is 1. The zero-order valence-corrected chi connectivity index (χ0v) is 11.9. The van der Waals surface area contributed by atoms with Crippen LogP contribution in [-0.2, 0) is 20.0 Å². The lowest BCUT2D eigenvalue weighted by Crippen LogP contribution is -2.61. The van der Waals surface area contributed by atoms with Crippen molar-refractivity contribution >= 4 is 5.97 Å². The molecule has 1 aromatic rings. The minimum absolute atomic E-state index is 0.611. The highest BCUT2D eigenvalue weighted by molar-refractivity contribution is 5.73. The van der Waals surface area contributed by atoms with E-state index in [1.165, 1.54) is 0 Å². The number of nitrogens with one attached hydrogen (secondary N) is 1. The zero-order valence-electron chi connectivity index (χ0n) is 11.9. The van der Waals surface area contributed by atoms with Crippen LogP contribution in [0.4, 0.5) is 0 Å². The fourth-order valence-corrected chi connectivity index (χ4v) is 2.69. The first-order valence-electron chi connectivity index (χ1n) is 6.52. The molecule has 0 spiro atoms. The molecule has 128 valence electrons. The highest BCUT2D eigenvalue weighted by Gasteiger charge is 2.63. The highest BCUT2D eigenvalue weighted by Crippen LogP contribution is 2.39. The van der Waals surface area contributed by atoms with Crippen molar-refractivity contribution in [2.24, 2.45) is 0 Å². The van der Waals surface area contributed by atoms with Gasteiger partial charge in [0, 0.05) is 19.4 Å². The molecule has 0 amide bonds. The van der Waals surface area contributed by atoms with E-state index in [0.717, 1.165) is 19.4 Å². The quantitative estimate of drug-likeness (QED) is 0.365. The Bertz CT molecular complexity index is 698. The normalized spacial score (nSPS) is 31.9. The van der Waals surface area contributed by atoms with Gasteiger partial charge in [-0.1, -0.05) is 0 Å². The van der Waals surface area contributed by atoms with Crippen molar-refractivity contribution < 1.29 is 34.7 Å². The first-order valence-corrected chi connectivity index (χ1v) is 6.52. The Labute approximate surface area is 128 Å². The molecule has 1 unspecified atom stereocenters. The van der Waals surface area contributed by atoms with E-state index in [0.29, 0.717) is 4.57 Å². The molecular formula is C12H16N2O9. The second-order valence-corrected chi connectivity index (χ2v) is 4.96. The third-order valence-corrected chi connectivity index (χ3v) is 3.70. The first-order chi connectivity index (χ1) is 10.8. The average Bonchev–Trinajstić information content (AvgIpc) is 2.79. The molecule has 0 radical (unpaired) electrons. The zero-order chi connectivity index (χ0) is 17.4. The van der Waals surface area contributed by atoms with Crippen molar-refractivity contribution in [1.29, 1.82) is 0 Å². The Hall–Kier alpha value is -2.05. The number of aliphatic hydroxyl groups is 3. The third kappa shape index (κ3) is 2.58. The number of H-pyrrole nitrogens is 1. The summed E-state index contributed by atoms with van der Waals surface area (Å²) >= 11 is 0. The van der Waals surface area contributed by atoms with Crippen molar-refractivity contribution in [2.45, 2.75) is 30.1 Å². The number of aromatic nitrogens is 2. The second-order valence-electron chi connectivity index (χ2n) is 4.96. The van der Waals surface area contributed by atoms with Crippen molar-refractivity contribution in [1.82, 2.24) is 9.55 Å². The van der Waals surface area contributed by atoms with E-state index in [1.807, 2.05) is 4.98 Å². The van der Waals surface area contributed by atoms with Crippen LogP contribution in [0.3, 0.4) is 0 Å². The summed E-state index contributed by atoms with van der Waals surface area (Å²) in [6, 6.07) is 0.909. The van der Waals surface area contributed by atoms with Gasteiger partial charge in [0.1, 0.15) is 18.3 Å². The molecule has 1 saturated heterocycles. The van der Waals surface area contributed by atoms with Gasteiger partial charge in [-0.2, -0.15) is 0 Å². The average molecular weight is 332 g/mol. The standard InChI is InChI=1S/C12H16N2O9/c1-22-9-7(17)5(4-15)23-12(9,8(18)10(19)20)14-3-2-6(16)13-11(14)21/h2-3,5,7-9,15,17-18H,4H2,1H3,(H,19,20)(H,13,16,21)/t5-,7-,8?,9-,12-/m1/s1. The number of ether oxygens (including phenoxy) is 2. The molecule has 2 rings (SSSR count). The minimum atomic E-state index is -2.38. The van der Waals surface area contributed by atoms with E-state index < -0.39 is 54.0 Å². The molecule has 0 saturated carbocycles. The van der Waals surface area contributed by atoms with Crippen LogP contribution in [0.5, 0.6) is 0 Å². The molecule has 5 N–H and O–H groups in total. The highest BCUT2D eigenvalue weighted by atomic mass is 16.6. The number of rotatable bonds is 5. The third-order valence-electron chi connectivity index (χ3n) is 3.70. The molecular weight excluding hydrogens is 316 g/mol. The minimum Gasteiger partial charge on any atom is -0.479 e. The van der Waals surface area contributed by atoms with Crippen LogP contribution in [0.1, 0.15) is 0 Å². The fourth-order valence-electron chi connectivity index (χ4n) is 2.69. The summed E-state index contributed by atoms with van der Waals surface area (Å²) in [5, 5.41) is 38.6. The van der Waals surface area contributed by atoms with Crippen molar-refractivity contribution in [2.75, 3.05) is 13.7 Å². The van der Waals surface area contributed by atoms with Crippen molar-refractivity contribution in [3.63, 3.8) is 0 Å². The van der Waals surface area contributed by atoms with Crippen LogP contribution >= 0.6 is 0 Å². The van der Waals surface area contributed by atoms with Crippen LogP contribution in [0.15, 0.2) is 21.9 Å². The number of nitrogens with zero attached hydrogens (tertiary/aromatic N) is 1. The molecule has 0 bridgehead atoms. The summed E-state index contributed by atoms with van der Waals surface area (Å²) in [7, 11) is 1.11. The van der Waals surface area contributed by atoms with Gasteiger partial charge >= 0.3 is 11.7 Å². The molecule has 0 aromatic carbocycles. The number of hydrogen-bond donors (Lipinski definition) is 5. The molecule has 1 aliphatic heterocycles. The van der Waals surface area contributed by atoms with Gasteiger partial charge in [0.25, 0.3) is 5.56 Å². The number of aliphatic hydroxyl groups excluding tert-OH is 3. The van der Waals surface area contributed by atoms with Crippen LogP contribution in [0.2, 0.25) is 0 Å². The van der Waals surface area contributed by atoms with Gasteiger partial charge in [0.15, 0.2) is 0 Å². The SMILES string of the molecule is CO[C@@H]1[C@H](O)[C@@H](CO)O[C@@]1(C(O)C(=O)O)n1ccc(=O)[nH]c1=O. The molecule has 1 aliphatic rings. The molecule has 0 aliphatic carbocycles. The number of methoxy groups -OCH3 is 1. The summed E-state index contributed by atoms with van der Waals surface area (Å²) in [5.41, 5.74) is -4.21. The van der Waals surface area contributed by atoms with E-state index >= 15 is 0 Å². The summed E-state index contributed by atoms with van der Waals surface area (Å²) in [5.74, 6) is -1.75. The number of aliphatic carboxylic acids is 1. The summed E-state index contributed by atoms with van der Waals surface area (Å²) < 4.78 is 11.0. The maximum Gasteiger partial charge on any atom is 0.337 e. The molecule has 11 heteroatoms. The molecule has 5 atom stereocenters. The lowest BCUT2D eigenvalue weighted by molar-refractivity contribution is -0.222. The topological polar surface area (TPSA) is 171 Å². The molecule has 1 fully saturated rings. The van der Waals surface area contributed by atoms with Crippen LogP contribution < -0.4 is 11.2 Å².